The first-order valence-corrected chi connectivity index (χ1v) is 6.45. The van der Waals surface area contributed by atoms with Crippen molar-refractivity contribution >= 4 is 17.3 Å². The number of benzene rings is 1. The van der Waals surface area contributed by atoms with E-state index >= 15 is 0 Å². The van der Waals surface area contributed by atoms with Gasteiger partial charge in [-0.25, -0.2) is 0 Å². The van der Waals surface area contributed by atoms with Crippen LogP contribution in [-0.4, -0.2) is 16.2 Å². The molecule has 0 saturated carbocycles. The summed E-state index contributed by atoms with van der Waals surface area (Å²) >= 11 is 5.17. The molecular weight excluding hydrogens is 242 g/mol. The van der Waals surface area contributed by atoms with Gasteiger partial charge in [0.2, 0.25) is 0 Å². The summed E-state index contributed by atoms with van der Waals surface area (Å²) < 4.78 is 2.10. The second kappa shape index (κ2) is 6.21. The molecule has 0 radical (unpaired) electrons. The van der Waals surface area contributed by atoms with Crippen LogP contribution in [0.1, 0.15) is 12.5 Å². The molecule has 4 heteroatoms. The molecule has 1 heterocycles. The molecule has 2 rings (SSSR count). The minimum atomic E-state index is 0.694. The minimum Gasteiger partial charge on any atom is -0.363 e. The molecule has 2 aromatic rings. The lowest BCUT2D eigenvalue weighted by Crippen LogP contribution is -2.34. The van der Waals surface area contributed by atoms with Gasteiger partial charge in [0.25, 0.3) is 0 Å². The van der Waals surface area contributed by atoms with Crippen molar-refractivity contribution in [2.45, 2.75) is 13.5 Å². The van der Waals surface area contributed by atoms with Crippen molar-refractivity contribution < 1.29 is 0 Å². The summed E-state index contributed by atoms with van der Waals surface area (Å²) in [4.78, 5) is 0. The molecule has 0 bridgehead atoms. The molecule has 2 N–H and O–H groups in total. The van der Waals surface area contributed by atoms with Gasteiger partial charge in [-0.15, -0.1) is 0 Å². The molecule has 1 aromatic heterocycles. The van der Waals surface area contributed by atoms with Crippen molar-refractivity contribution in [2.24, 2.45) is 0 Å². The summed E-state index contributed by atoms with van der Waals surface area (Å²) in [6, 6.07) is 12.3. The highest BCUT2D eigenvalue weighted by Gasteiger charge is 2.03. The summed E-state index contributed by atoms with van der Waals surface area (Å²) in [5.74, 6) is 0. The fourth-order valence-corrected chi connectivity index (χ4v) is 2.02. The molecule has 0 amide bonds. The monoisotopic (exact) mass is 259 g/mol. The number of hydrogen-bond donors (Lipinski definition) is 2. The van der Waals surface area contributed by atoms with E-state index in [-0.39, 0.29) is 0 Å². The summed E-state index contributed by atoms with van der Waals surface area (Å²) in [6.07, 6.45) is 4.09. The third kappa shape index (κ3) is 3.11. The SMILES string of the molecule is CCNC(=S)NCc1ccccc1-n1cccc1. The van der Waals surface area contributed by atoms with Crippen LogP contribution in [0.4, 0.5) is 0 Å². The largest absolute Gasteiger partial charge is 0.363 e. The molecule has 1 aromatic carbocycles. The van der Waals surface area contributed by atoms with E-state index in [2.05, 4.69) is 27.3 Å². The van der Waals surface area contributed by atoms with E-state index < -0.39 is 0 Å². The van der Waals surface area contributed by atoms with Crippen LogP contribution >= 0.6 is 12.2 Å². The number of hydrogen-bond acceptors (Lipinski definition) is 1. The number of para-hydroxylation sites is 1. The zero-order valence-electron chi connectivity index (χ0n) is 10.4. The van der Waals surface area contributed by atoms with Gasteiger partial charge in [-0.3, -0.25) is 0 Å². The van der Waals surface area contributed by atoms with Gasteiger partial charge in [0.1, 0.15) is 0 Å². The Bertz CT molecular complexity index is 506. The molecule has 0 atom stereocenters. The van der Waals surface area contributed by atoms with E-state index in [4.69, 9.17) is 12.2 Å². The summed E-state index contributed by atoms with van der Waals surface area (Å²) in [5.41, 5.74) is 2.39. The van der Waals surface area contributed by atoms with E-state index in [9.17, 15) is 0 Å². The van der Waals surface area contributed by atoms with Gasteiger partial charge in [-0.1, -0.05) is 18.2 Å². The second-order valence-corrected chi connectivity index (χ2v) is 4.34. The van der Waals surface area contributed by atoms with Crippen molar-refractivity contribution in [3.8, 4) is 5.69 Å². The summed E-state index contributed by atoms with van der Waals surface area (Å²) in [6.45, 7) is 3.59. The lowest BCUT2D eigenvalue weighted by molar-refractivity contribution is 0.845. The summed E-state index contributed by atoms with van der Waals surface area (Å²) in [5, 5.41) is 6.99. The molecule has 18 heavy (non-hydrogen) atoms. The van der Waals surface area contributed by atoms with Gasteiger partial charge in [0, 0.05) is 31.2 Å². The van der Waals surface area contributed by atoms with E-state index in [1.54, 1.807) is 0 Å². The number of nitrogens with zero attached hydrogens (tertiary/aromatic N) is 1. The van der Waals surface area contributed by atoms with Crippen molar-refractivity contribution in [3.05, 3.63) is 54.4 Å². The predicted octanol–water partition coefficient (Wildman–Crippen LogP) is 2.46. The topological polar surface area (TPSA) is 29.0 Å². The number of rotatable bonds is 4. The Hall–Kier alpha value is -1.81. The molecule has 0 unspecified atom stereocenters. The van der Waals surface area contributed by atoms with E-state index in [1.807, 2.05) is 43.6 Å². The van der Waals surface area contributed by atoms with Gasteiger partial charge in [-0.2, -0.15) is 0 Å². The van der Waals surface area contributed by atoms with E-state index in [0.717, 1.165) is 13.1 Å². The highest BCUT2D eigenvalue weighted by molar-refractivity contribution is 7.80. The van der Waals surface area contributed by atoms with Crippen LogP contribution in [0.3, 0.4) is 0 Å². The Morgan fingerprint density at radius 2 is 1.83 bits per heavy atom. The maximum absolute atomic E-state index is 5.17. The zero-order chi connectivity index (χ0) is 12.8. The Balaban J connectivity index is 2.11. The van der Waals surface area contributed by atoms with Crippen LogP contribution < -0.4 is 10.6 Å². The predicted molar refractivity (Wildman–Crippen MR) is 78.9 cm³/mol. The molecule has 0 fully saturated rings. The third-order valence-corrected chi connectivity index (χ3v) is 2.94. The van der Waals surface area contributed by atoms with Crippen LogP contribution in [-0.2, 0) is 6.54 Å². The fourth-order valence-electron chi connectivity index (χ4n) is 1.81. The Morgan fingerprint density at radius 3 is 2.56 bits per heavy atom. The maximum Gasteiger partial charge on any atom is 0.166 e. The molecule has 3 nitrogen and oxygen atoms in total. The molecule has 0 aliphatic carbocycles. The Kier molecular flexibility index (Phi) is 4.36. The highest BCUT2D eigenvalue weighted by atomic mass is 32.1. The lowest BCUT2D eigenvalue weighted by atomic mass is 10.1. The molecular formula is C14H17N3S. The van der Waals surface area contributed by atoms with Crippen LogP contribution in [0, 0.1) is 0 Å². The lowest BCUT2D eigenvalue weighted by Gasteiger charge is -2.13. The second-order valence-electron chi connectivity index (χ2n) is 3.93. The van der Waals surface area contributed by atoms with Gasteiger partial charge in [0.15, 0.2) is 5.11 Å². The average Bonchev–Trinajstić information content (AvgIpc) is 2.91. The molecule has 94 valence electrons. The molecule has 0 spiro atoms. The first-order valence-electron chi connectivity index (χ1n) is 6.04. The zero-order valence-corrected chi connectivity index (χ0v) is 11.2. The van der Waals surface area contributed by atoms with Crippen LogP contribution in [0.15, 0.2) is 48.8 Å². The van der Waals surface area contributed by atoms with Crippen LogP contribution in [0.2, 0.25) is 0 Å². The van der Waals surface area contributed by atoms with Gasteiger partial charge < -0.3 is 15.2 Å². The van der Waals surface area contributed by atoms with E-state index in [0.29, 0.717) is 5.11 Å². The minimum absolute atomic E-state index is 0.694. The summed E-state index contributed by atoms with van der Waals surface area (Å²) in [7, 11) is 0. The Labute approximate surface area is 113 Å². The standard InChI is InChI=1S/C14H17N3S/c1-2-15-14(18)16-11-12-7-3-4-8-13(12)17-9-5-6-10-17/h3-10H,2,11H2,1H3,(H2,15,16,18). The normalized spacial score (nSPS) is 10.1. The Morgan fingerprint density at radius 1 is 1.11 bits per heavy atom. The smallest absolute Gasteiger partial charge is 0.166 e. The van der Waals surface area contributed by atoms with Gasteiger partial charge in [0.05, 0.1) is 0 Å². The molecule has 0 aliphatic rings. The van der Waals surface area contributed by atoms with Gasteiger partial charge >= 0.3 is 0 Å². The average molecular weight is 259 g/mol. The van der Waals surface area contributed by atoms with Crippen molar-refractivity contribution in [1.29, 1.82) is 0 Å². The van der Waals surface area contributed by atoms with Crippen molar-refractivity contribution in [3.63, 3.8) is 0 Å². The van der Waals surface area contributed by atoms with Crippen LogP contribution in [0.25, 0.3) is 5.69 Å². The first-order chi connectivity index (χ1) is 8.81. The third-order valence-electron chi connectivity index (χ3n) is 2.65. The van der Waals surface area contributed by atoms with Crippen molar-refractivity contribution in [1.82, 2.24) is 15.2 Å². The number of thiocarbonyl (C=S) groups is 1. The van der Waals surface area contributed by atoms with Crippen LogP contribution in [0.5, 0.6) is 0 Å². The number of nitrogens with one attached hydrogen (secondary N) is 2. The number of aromatic nitrogens is 1. The van der Waals surface area contributed by atoms with E-state index in [1.165, 1.54) is 11.3 Å². The quantitative estimate of drug-likeness (QED) is 0.827. The fraction of sp³-hybridized carbons (Fsp3) is 0.214. The maximum atomic E-state index is 5.17. The molecule has 0 aliphatic heterocycles. The highest BCUT2D eigenvalue weighted by Crippen LogP contribution is 2.14. The van der Waals surface area contributed by atoms with Gasteiger partial charge in [-0.05, 0) is 42.9 Å². The van der Waals surface area contributed by atoms with Crippen molar-refractivity contribution in [2.75, 3.05) is 6.54 Å². The first kappa shape index (κ1) is 12.6. The molecule has 0 saturated heterocycles.